The highest BCUT2D eigenvalue weighted by Crippen LogP contribution is 2.47. The summed E-state index contributed by atoms with van der Waals surface area (Å²) in [4.78, 5) is 3.11. The average Bonchev–Trinajstić information content (AvgIpc) is 3.09. The van der Waals surface area contributed by atoms with Crippen LogP contribution in [0.3, 0.4) is 0 Å². The van der Waals surface area contributed by atoms with Gasteiger partial charge in [0.1, 0.15) is 5.82 Å². The number of aromatic nitrogens is 1. The number of hydrogen-bond acceptors (Lipinski definition) is 6. The number of nitrogens with one attached hydrogen (secondary N) is 2. The van der Waals surface area contributed by atoms with Crippen molar-refractivity contribution in [1.82, 2.24) is 4.98 Å². The Labute approximate surface area is 161 Å². The average molecular weight is 410 g/mol. The molecular formula is C18H14F4N4OS. The normalized spacial score (nSPS) is 13.8. The van der Waals surface area contributed by atoms with Crippen LogP contribution in [0.15, 0.2) is 48.7 Å². The van der Waals surface area contributed by atoms with Crippen LogP contribution in [-0.2, 0) is 5.60 Å². The third-order valence-electron chi connectivity index (χ3n) is 4.04. The van der Waals surface area contributed by atoms with E-state index in [1.165, 1.54) is 30.3 Å². The Bertz CT molecular complexity index is 1000. The van der Waals surface area contributed by atoms with Crippen LogP contribution in [0, 0.1) is 11.2 Å². The first-order chi connectivity index (χ1) is 13.1. The summed E-state index contributed by atoms with van der Waals surface area (Å²) in [6.45, 7) is 0. The van der Waals surface area contributed by atoms with Crippen molar-refractivity contribution in [3.63, 3.8) is 0 Å². The molecule has 0 saturated heterocycles. The summed E-state index contributed by atoms with van der Waals surface area (Å²) in [6, 6.07) is 8.80. The first-order valence-corrected chi connectivity index (χ1v) is 8.65. The van der Waals surface area contributed by atoms with Gasteiger partial charge in [0.05, 0.1) is 4.88 Å². The zero-order valence-electron chi connectivity index (χ0n) is 14.1. The molecule has 10 heteroatoms. The summed E-state index contributed by atoms with van der Waals surface area (Å²) < 4.78 is 54.4. The summed E-state index contributed by atoms with van der Waals surface area (Å²) >= 11 is 0.526. The maximum atomic E-state index is 13.8. The number of thiazole rings is 1. The molecule has 1 heterocycles. The monoisotopic (exact) mass is 410 g/mol. The van der Waals surface area contributed by atoms with Gasteiger partial charge in [-0.3, -0.25) is 0 Å². The lowest BCUT2D eigenvalue weighted by atomic mass is 9.90. The Balaban J connectivity index is 2.06. The predicted octanol–water partition coefficient (Wildman–Crippen LogP) is 4.40. The second-order valence-electron chi connectivity index (χ2n) is 5.85. The predicted molar refractivity (Wildman–Crippen MR) is 99.6 cm³/mol. The lowest BCUT2D eigenvalue weighted by Crippen LogP contribution is -2.42. The lowest BCUT2D eigenvalue weighted by Gasteiger charge is -2.30. The highest BCUT2D eigenvalue weighted by molar-refractivity contribution is 7.15. The Hall–Kier alpha value is -2.98. The molecule has 0 spiro atoms. The maximum absolute atomic E-state index is 13.8. The van der Waals surface area contributed by atoms with Gasteiger partial charge in [0.2, 0.25) is 5.60 Å². The molecule has 1 aromatic heterocycles. The summed E-state index contributed by atoms with van der Waals surface area (Å²) in [7, 11) is 0. The van der Waals surface area contributed by atoms with Crippen LogP contribution in [0.1, 0.15) is 16.0 Å². The van der Waals surface area contributed by atoms with Gasteiger partial charge in [0.15, 0.2) is 5.13 Å². The second-order valence-corrected chi connectivity index (χ2v) is 6.91. The molecule has 5 N–H and O–H groups in total. The molecule has 5 nitrogen and oxygen atoms in total. The minimum atomic E-state index is -5.04. The van der Waals surface area contributed by atoms with E-state index < -0.39 is 28.0 Å². The van der Waals surface area contributed by atoms with E-state index in [4.69, 9.17) is 11.1 Å². The van der Waals surface area contributed by atoms with Crippen molar-refractivity contribution in [2.75, 3.05) is 11.1 Å². The van der Waals surface area contributed by atoms with Crippen LogP contribution in [-0.4, -0.2) is 22.5 Å². The number of nitrogen functional groups attached to an aromatic ring is 1. The highest BCUT2D eigenvalue weighted by Gasteiger charge is 2.57. The molecule has 0 radical (unpaired) electrons. The van der Waals surface area contributed by atoms with Crippen molar-refractivity contribution in [2.45, 2.75) is 11.8 Å². The number of rotatable bonds is 5. The number of hydrogen-bond donors (Lipinski definition) is 4. The smallest absolute Gasteiger partial charge is 0.375 e. The Morgan fingerprint density at radius 3 is 2.36 bits per heavy atom. The van der Waals surface area contributed by atoms with Gasteiger partial charge >= 0.3 is 6.18 Å². The number of nitrogens with two attached hydrogens (primary N) is 1. The largest absolute Gasteiger partial charge is 0.426 e. The number of benzene rings is 2. The quantitative estimate of drug-likeness (QED) is 0.370. The highest BCUT2D eigenvalue weighted by atomic mass is 32.1. The van der Waals surface area contributed by atoms with Crippen molar-refractivity contribution in [1.29, 1.82) is 5.41 Å². The van der Waals surface area contributed by atoms with E-state index in [1.807, 2.05) is 0 Å². The molecule has 3 rings (SSSR count). The van der Waals surface area contributed by atoms with Gasteiger partial charge in [-0.15, -0.1) is 0 Å². The van der Waals surface area contributed by atoms with E-state index in [9.17, 15) is 22.7 Å². The third kappa shape index (κ3) is 3.56. The molecule has 3 aromatic rings. The van der Waals surface area contributed by atoms with Crippen LogP contribution in [0.25, 0.3) is 0 Å². The molecule has 1 atom stereocenters. The fourth-order valence-corrected chi connectivity index (χ4v) is 3.43. The van der Waals surface area contributed by atoms with Gasteiger partial charge in [0, 0.05) is 29.3 Å². The summed E-state index contributed by atoms with van der Waals surface area (Å²) in [6.07, 6.45) is -3.31. The molecule has 0 amide bonds. The van der Waals surface area contributed by atoms with E-state index in [0.717, 1.165) is 24.5 Å². The van der Waals surface area contributed by atoms with Gasteiger partial charge in [-0.1, -0.05) is 17.4 Å². The third-order valence-corrected chi connectivity index (χ3v) is 4.97. The fourth-order valence-electron chi connectivity index (χ4n) is 2.61. The molecule has 2 aromatic carbocycles. The van der Waals surface area contributed by atoms with Crippen LogP contribution >= 0.6 is 11.3 Å². The summed E-state index contributed by atoms with van der Waals surface area (Å²) in [5.41, 5.74) is 2.53. The van der Waals surface area contributed by atoms with Crippen molar-refractivity contribution in [3.05, 3.63) is 70.5 Å². The van der Waals surface area contributed by atoms with Crippen molar-refractivity contribution in [3.8, 4) is 0 Å². The van der Waals surface area contributed by atoms with Gasteiger partial charge in [-0.05, 0) is 42.0 Å². The second kappa shape index (κ2) is 7.21. The SMILES string of the molecule is N=Cc1cc(C(O)(c2cnc(N)s2)C(F)(F)F)ccc1Nc1ccc(F)cc1. The molecule has 1 unspecified atom stereocenters. The number of anilines is 3. The van der Waals surface area contributed by atoms with Gasteiger partial charge < -0.3 is 21.6 Å². The zero-order valence-corrected chi connectivity index (χ0v) is 14.9. The molecule has 0 saturated carbocycles. The van der Waals surface area contributed by atoms with Gasteiger partial charge in [0.25, 0.3) is 0 Å². The molecule has 0 aliphatic heterocycles. The van der Waals surface area contributed by atoms with Crippen molar-refractivity contribution < 1.29 is 22.7 Å². The van der Waals surface area contributed by atoms with Crippen LogP contribution in [0.4, 0.5) is 34.1 Å². The summed E-state index contributed by atoms with van der Waals surface area (Å²) in [5.74, 6) is -0.438. The first-order valence-electron chi connectivity index (χ1n) is 7.83. The van der Waals surface area contributed by atoms with E-state index in [2.05, 4.69) is 10.3 Å². The minimum Gasteiger partial charge on any atom is -0.375 e. The van der Waals surface area contributed by atoms with Crippen LogP contribution in [0.5, 0.6) is 0 Å². The maximum Gasteiger partial charge on any atom is 0.426 e. The molecule has 0 aliphatic rings. The molecule has 28 heavy (non-hydrogen) atoms. The topological polar surface area (TPSA) is 95.0 Å². The first kappa shape index (κ1) is 19.8. The van der Waals surface area contributed by atoms with Crippen LogP contribution < -0.4 is 11.1 Å². The Morgan fingerprint density at radius 2 is 1.82 bits per heavy atom. The molecule has 0 aliphatic carbocycles. The number of nitrogens with zero attached hydrogens (tertiary/aromatic N) is 1. The van der Waals surface area contributed by atoms with Gasteiger partial charge in [-0.25, -0.2) is 9.37 Å². The van der Waals surface area contributed by atoms with E-state index in [1.54, 1.807) is 0 Å². The molecule has 0 bridgehead atoms. The Morgan fingerprint density at radius 1 is 1.14 bits per heavy atom. The van der Waals surface area contributed by atoms with E-state index >= 15 is 0 Å². The van der Waals surface area contributed by atoms with Crippen molar-refractivity contribution in [2.24, 2.45) is 0 Å². The fraction of sp³-hybridized carbons (Fsp3) is 0.111. The number of alkyl halides is 3. The zero-order chi connectivity index (χ0) is 20.5. The number of aliphatic hydroxyl groups is 1. The van der Waals surface area contributed by atoms with E-state index in [0.29, 0.717) is 22.7 Å². The molecule has 0 fully saturated rings. The van der Waals surface area contributed by atoms with Gasteiger partial charge in [-0.2, -0.15) is 13.2 Å². The van der Waals surface area contributed by atoms with Crippen LogP contribution in [0.2, 0.25) is 0 Å². The van der Waals surface area contributed by atoms with Crippen molar-refractivity contribution >= 4 is 34.1 Å². The molecular weight excluding hydrogens is 396 g/mol. The Kier molecular flexibility index (Phi) is 5.09. The van der Waals surface area contributed by atoms with E-state index in [-0.39, 0.29) is 10.7 Å². The summed E-state index contributed by atoms with van der Waals surface area (Å²) in [5, 5.41) is 20.9. The molecule has 146 valence electrons. The standard InChI is InChI=1S/C18H14F4N4OS/c19-12-2-4-13(5-3-12)26-14-6-1-11(7-10(14)8-23)17(27,18(20,21)22)15-9-25-16(24)28-15/h1-9,23,26-27H,(H2,24,25). The number of halogens is 4. The lowest BCUT2D eigenvalue weighted by molar-refractivity contribution is -0.247. The minimum absolute atomic E-state index is 0.0991.